The molecule has 0 atom stereocenters. The summed E-state index contributed by atoms with van der Waals surface area (Å²) in [5, 5.41) is 6.11. The fraction of sp³-hybridized carbons (Fsp3) is 0.105. The van der Waals surface area contributed by atoms with Crippen LogP contribution >= 0.6 is 11.3 Å². The van der Waals surface area contributed by atoms with Crippen LogP contribution in [0.15, 0.2) is 54.2 Å². The Hall–Kier alpha value is -2.99. The molecule has 124 valence electrons. The molecule has 0 amide bonds. The minimum absolute atomic E-state index is 0.0630. The summed E-state index contributed by atoms with van der Waals surface area (Å²) in [6, 6.07) is 13.6. The third-order valence-corrected chi connectivity index (χ3v) is 4.83. The van der Waals surface area contributed by atoms with Crippen LogP contribution in [0.5, 0.6) is 0 Å². The lowest BCUT2D eigenvalue weighted by molar-refractivity contribution is 0.101. The van der Waals surface area contributed by atoms with Gasteiger partial charge in [-0.1, -0.05) is 6.07 Å². The molecule has 6 heteroatoms. The van der Waals surface area contributed by atoms with Gasteiger partial charge in [-0.2, -0.15) is 0 Å². The van der Waals surface area contributed by atoms with Crippen LogP contribution in [-0.4, -0.2) is 20.3 Å². The Balaban J connectivity index is 1.57. The summed E-state index contributed by atoms with van der Waals surface area (Å²) in [5.41, 5.74) is 5.63. The smallest absolute Gasteiger partial charge is 0.187 e. The normalized spacial score (nSPS) is 11.0. The number of carbonyl (C=O) groups is 1. The number of aryl methyl sites for hydroxylation is 1. The molecular formula is C19H16N4OS. The van der Waals surface area contributed by atoms with Gasteiger partial charge in [-0.05, 0) is 43.3 Å². The van der Waals surface area contributed by atoms with E-state index in [2.05, 4.69) is 33.5 Å². The summed E-state index contributed by atoms with van der Waals surface area (Å²) in [6.07, 6.45) is 1.81. The molecule has 0 saturated heterocycles. The number of hydrogen-bond donors (Lipinski definition) is 1. The van der Waals surface area contributed by atoms with Crippen molar-refractivity contribution in [1.29, 1.82) is 0 Å². The number of Topliss-reactive ketones (excluding diaryl/α,β-unsaturated/α-hetero) is 1. The minimum atomic E-state index is 0.0630. The highest BCUT2D eigenvalue weighted by molar-refractivity contribution is 7.14. The number of benzene rings is 2. The number of carbonyl (C=O) groups excluding carboxylic acids is 1. The van der Waals surface area contributed by atoms with Crippen molar-refractivity contribution in [2.75, 3.05) is 5.32 Å². The molecule has 0 unspecified atom stereocenters. The Morgan fingerprint density at radius 2 is 1.96 bits per heavy atom. The Morgan fingerprint density at radius 3 is 2.72 bits per heavy atom. The summed E-state index contributed by atoms with van der Waals surface area (Å²) in [6.45, 7) is 1.56. The van der Waals surface area contributed by atoms with Gasteiger partial charge in [0.05, 0.1) is 23.1 Å². The Morgan fingerprint density at radius 1 is 1.16 bits per heavy atom. The van der Waals surface area contributed by atoms with Crippen molar-refractivity contribution in [3.05, 3.63) is 59.7 Å². The Labute approximate surface area is 149 Å². The van der Waals surface area contributed by atoms with Gasteiger partial charge in [-0.15, -0.1) is 11.3 Å². The maximum atomic E-state index is 11.3. The highest BCUT2D eigenvalue weighted by atomic mass is 32.1. The summed E-state index contributed by atoms with van der Waals surface area (Å²) in [5.74, 6) is 0.0630. The molecule has 2 heterocycles. The first-order chi connectivity index (χ1) is 12.1. The first-order valence-electron chi connectivity index (χ1n) is 7.85. The van der Waals surface area contributed by atoms with E-state index < -0.39 is 0 Å². The number of rotatable bonds is 4. The van der Waals surface area contributed by atoms with Crippen molar-refractivity contribution in [1.82, 2.24) is 14.5 Å². The van der Waals surface area contributed by atoms with Crippen molar-refractivity contribution in [3.63, 3.8) is 0 Å². The maximum absolute atomic E-state index is 11.3. The summed E-state index contributed by atoms with van der Waals surface area (Å²) in [4.78, 5) is 20.4. The molecule has 25 heavy (non-hydrogen) atoms. The Bertz CT molecular complexity index is 1060. The van der Waals surface area contributed by atoms with Gasteiger partial charge in [-0.25, -0.2) is 9.97 Å². The maximum Gasteiger partial charge on any atom is 0.187 e. The topological polar surface area (TPSA) is 59.8 Å². The summed E-state index contributed by atoms with van der Waals surface area (Å²) in [7, 11) is 1.98. The number of imidazole rings is 1. The second-order valence-electron chi connectivity index (χ2n) is 5.86. The predicted octanol–water partition coefficient (Wildman–Crippen LogP) is 4.64. The zero-order valence-electron chi connectivity index (χ0n) is 13.9. The molecule has 1 N–H and O–H groups in total. The highest BCUT2D eigenvalue weighted by Gasteiger charge is 2.08. The largest absolute Gasteiger partial charge is 0.334 e. The van der Waals surface area contributed by atoms with Crippen LogP contribution in [0.3, 0.4) is 0 Å². The van der Waals surface area contributed by atoms with Crippen molar-refractivity contribution in [2.24, 2.45) is 7.05 Å². The van der Waals surface area contributed by atoms with Crippen molar-refractivity contribution in [3.8, 4) is 11.3 Å². The molecule has 0 spiro atoms. The minimum Gasteiger partial charge on any atom is -0.334 e. The quantitative estimate of drug-likeness (QED) is 0.546. The standard InChI is InChI=1S/C19H16N4OS/c1-12(24)13-3-6-15(7-4-13)21-19-22-17(10-25-19)14-5-8-18-16(9-14)20-11-23(18)2/h3-11H,1-2H3,(H,21,22). The third-order valence-electron chi connectivity index (χ3n) is 4.07. The molecule has 0 fully saturated rings. The number of nitrogens with one attached hydrogen (secondary N) is 1. The molecule has 0 radical (unpaired) electrons. The van der Waals surface area contributed by atoms with Crippen LogP contribution in [0.1, 0.15) is 17.3 Å². The molecule has 0 saturated carbocycles. The van der Waals surface area contributed by atoms with Crippen molar-refractivity contribution < 1.29 is 4.79 Å². The molecule has 0 aliphatic rings. The van der Waals surface area contributed by atoms with E-state index in [9.17, 15) is 4.79 Å². The van der Waals surface area contributed by atoms with E-state index in [4.69, 9.17) is 0 Å². The lowest BCUT2D eigenvalue weighted by atomic mass is 10.1. The third kappa shape index (κ3) is 3.04. The summed E-state index contributed by atoms with van der Waals surface area (Å²) >= 11 is 1.55. The molecule has 4 rings (SSSR count). The molecule has 4 aromatic rings. The molecule has 0 aliphatic heterocycles. The van der Waals surface area contributed by atoms with Crippen molar-refractivity contribution in [2.45, 2.75) is 6.92 Å². The Kier molecular flexibility index (Phi) is 3.82. The molecule has 5 nitrogen and oxygen atoms in total. The first kappa shape index (κ1) is 15.5. The van der Waals surface area contributed by atoms with E-state index in [1.54, 1.807) is 18.3 Å². The van der Waals surface area contributed by atoms with E-state index in [1.807, 2.05) is 47.6 Å². The fourth-order valence-corrected chi connectivity index (χ4v) is 3.41. The fourth-order valence-electron chi connectivity index (χ4n) is 2.67. The lowest BCUT2D eigenvalue weighted by Crippen LogP contribution is -1.93. The molecule has 0 bridgehead atoms. The number of fused-ring (bicyclic) bond motifs is 1. The van der Waals surface area contributed by atoms with Gasteiger partial charge in [-0.3, -0.25) is 4.79 Å². The molecule has 2 aromatic carbocycles. The second-order valence-corrected chi connectivity index (χ2v) is 6.71. The van der Waals surface area contributed by atoms with E-state index in [0.29, 0.717) is 5.56 Å². The second kappa shape index (κ2) is 6.14. The van der Waals surface area contributed by atoms with Crippen LogP contribution in [-0.2, 0) is 7.05 Å². The van der Waals surface area contributed by atoms with E-state index in [1.165, 1.54) is 0 Å². The number of anilines is 2. The SMILES string of the molecule is CC(=O)c1ccc(Nc2nc(-c3ccc4c(c3)ncn4C)cs2)cc1. The van der Waals surface area contributed by atoms with Crippen LogP contribution in [0.2, 0.25) is 0 Å². The number of hydrogen-bond acceptors (Lipinski definition) is 5. The van der Waals surface area contributed by atoms with Gasteiger partial charge < -0.3 is 9.88 Å². The van der Waals surface area contributed by atoms with Gasteiger partial charge in [0.15, 0.2) is 10.9 Å². The average molecular weight is 348 g/mol. The van der Waals surface area contributed by atoms with Gasteiger partial charge in [0.2, 0.25) is 0 Å². The predicted molar refractivity (Wildman–Crippen MR) is 102 cm³/mol. The van der Waals surface area contributed by atoms with Gasteiger partial charge in [0, 0.05) is 29.2 Å². The average Bonchev–Trinajstić information content (AvgIpc) is 3.22. The van der Waals surface area contributed by atoms with Crippen molar-refractivity contribution >= 4 is 39.0 Å². The molecule has 2 aromatic heterocycles. The highest BCUT2D eigenvalue weighted by Crippen LogP contribution is 2.29. The number of nitrogens with zero attached hydrogens (tertiary/aromatic N) is 3. The lowest BCUT2D eigenvalue weighted by Gasteiger charge is -2.03. The summed E-state index contributed by atoms with van der Waals surface area (Å²) < 4.78 is 2.00. The van der Waals surface area contributed by atoms with E-state index in [-0.39, 0.29) is 5.78 Å². The number of thiazole rings is 1. The monoisotopic (exact) mass is 348 g/mol. The van der Waals surface area contributed by atoms with E-state index >= 15 is 0 Å². The molecular weight excluding hydrogens is 332 g/mol. The zero-order valence-corrected chi connectivity index (χ0v) is 14.7. The first-order valence-corrected chi connectivity index (χ1v) is 8.73. The van der Waals surface area contributed by atoms with Gasteiger partial charge in [0.1, 0.15) is 0 Å². The van der Waals surface area contributed by atoms with Crippen LogP contribution in [0.25, 0.3) is 22.3 Å². The van der Waals surface area contributed by atoms with Gasteiger partial charge in [0.25, 0.3) is 0 Å². The van der Waals surface area contributed by atoms with Crippen LogP contribution in [0, 0.1) is 0 Å². The number of aromatic nitrogens is 3. The zero-order chi connectivity index (χ0) is 17.4. The molecule has 0 aliphatic carbocycles. The van der Waals surface area contributed by atoms with E-state index in [0.717, 1.165) is 33.1 Å². The number of ketones is 1. The van der Waals surface area contributed by atoms with Crippen LogP contribution in [0.4, 0.5) is 10.8 Å². The van der Waals surface area contributed by atoms with Gasteiger partial charge >= 0.3 is 0 Å². The van der Waals surface area contributed by atoms with Crippen LogP contribution < -0.4 is 5.32 Å².